The minimum absolute atomic E-state index is 0.0418. The van der Waals surface area contributed by atoms with Gasteiger partial charge in [-0.1, -0.05) is 0 Å². The van der Waals surface area contributed by atoms with Gasteiger partial charge >= 0.3 is 5.97 Å². The van der Waals surface area contributed by atoms with Crippen LogP contribution in [0.2, 0.25) is 0 Å². The van der Waals surface area contributed by atoms with E-state index < -0.39 is 17.4 Å². The number of aliphatic hydroxyl groups is 1. The van der Waals surface area contributed by atoms with Crippen molar-refractivity contribution < 1.29 is 19.5 Å². The molecule has 0 aromatic carbocycles. The molecule has 0 radical (unpaired) electrons. The lowest BCUT2D eigenvalue weighted by atomic mass is 10.0. The first-order valence-corrected chi connectivity index (χ1v) is 4.12. The van der Waals surface area contributed by atoms with E-state index in [4.69, 9.17) is 5.11 Å². The van der Waals surface area contributed by atoms with Crippen molar-refractivity contribution in [3.05, 3.63) is 11.7 Å². The SMILES string of the molecule is O=C(O)c1noc(C2(O)CCNC2)n1. The van der Waals surface area contributed by atoms with Crippen molar-refractivity contribution in [1.82, 2.24) is 15.5 Å². The molecular formula is C7H9N3O4. The lowest BCUT2D eigenvalue weighted by molar-refractivity contribution is 0.0242. The fourth-order valence-electron chi connectivity index (χ4n) is 1.36. The molecule has 1 unspecified atom stereocenters. The number of carboxylic acids is 1. The Morgan fingerprint density at radius 2 is 2.43 bits per heavy atom. The second kappa shape index (κ2) is 3.03. The third-order valence-electron chi connectivity index (χ3n) is 2.15. The van der Waals surface area contributed by atoms with Crippen molar-refractivity contribution in [2.45, 2.75) is 12.0 Å². The van der Waals surface area contributed by atoms with Gasteiger partial charge in [0.05, 0.1) is 0 Å². The lowest BCUT2D eigenvalue weighted by Gasteiger charge is -2.14. The summed E-state index contributed by atoms with van der Waals surface area (Å²) in [5, 5.41) is 24.6. The fourth-order valence-corrected chi connectivity index (χ4v) is 1.36. The highest BCUT2D eigenvalue weighted by Gasteiger charge is 2.39. The van der Waals surface area contributed by atoms with Gasteiger partial charge in [0.15, 0.2) is 5.60 Å². The first-order valence-electron chi connectivity index (χ1n) is 4.12. The molecule has 0 bridgehead atoms. The second-order valence-corrected chi connectivity index (χ2v) is 3.19. The molecule has 14 heavy (non-hydrogen) atoms. The predicted octanol–water partition coefficient (Wildman–Crippen LogP) is -1.05. The highest BCUT2D eigenvalue weighted by molar-refractivity contribution is 5.82. The molecule has 0 amide bonds. The van der Waals surface area contributed by atoms with Gasteiger partial charge < -0.3 is 20.1 Å². The van der Waals surface area contributed by atoms with Crippen LogP contribution in [0.4, 0.5) is 0 Å². The summed E-state index contributed by atoms with van der Waals surface area (Å²) in [5.41, 5.74) is -1.22. The van der Waals surface area contributed by atoms with Gasteiger partial charge in [0.25, 0.3) is 11.7 Å². The van der Waals surface area contributed by atoms with E-state index in [-0.39, 0.29) is 5.89 Å². The lowest BCUT2D eigenvalue weighted by Crippen LogP contribution is -2.28. The molecular weight excluding hydrogens is 190 g/mol. The number of hydrogen-bond acceptors (Lipinski definition) is 6. The van der Waals surface area contributed by atoms with E-state index in [2.05, 4.69) is 20.0 Å². The minimum Gasteiger partial charge on any atom is -0.475 e. The monoisotopic (exact) mass is 199 g/mol. The van der Waals surface area contributed by atoms with Gasteiger partial charge in [-0.3, -0.25) is 0 Å². The van der Waals surface area contributed by atoms with E-state index in [9.17, 15) is 9.90 Å². The molecule has 1 aromatic heterocycles. The highest BCUT2D eigenvalue weighted by atomic mass is 16.5. The molecule has 0 aliphatic carbocycles. The van der Waals surface area contributed by atoms with Crippen molar-refractivity contribution in [2.24, 2.45) is 0 Å². The van der Waals surface area contributed by atoms with Crippen molar-refractivity contribution in [1.29, 1.82) is 0 Å². The van der Waals surface area contributed by atoms with Gasteiger partial charge in [-0.15, -0.1) is 0 Å². The van der Waals surface area contributed by atoms with Crippen molar-refractivity contribution >= 4 is 5.97 Å². The Bertz CT molecular complexity index is 356. The molecule has 7 nitrogen and oxygen atoms in total. The first kappa shape index (κ1) is 9.10. The fraction of sp³-hybridized carbons (Fsp3) is 0.571. The third kappa shape index (κ3) is 1.36. The van der Waals surface area contributed by atoms with Crippen LogP contribution in [-0.4, -0.2) is 39.4 Å². The first-order chi connectivity index (χ1) is 6.62. The number of rotatable bonds is 2. The molecule has 1 aliphatic heterocycles. The van der Waals surface area contributed by atoms with E-state index in [1.54, 1.807) is 0 Å². The predicted molar refractivity (Wildman–Crippen MR) is 42.6 cm³/mol. The summed E-state index contributed by atoms with van der Waals surface area (Å²) in [6, 6.07) is 0. The standard InChI is InChI=1S/C7H9N3O4/c11-5(12)4-9-6(14-10-4)7(13)1-2-8-3-7/h8,13H,1-3H2,(H,11,12). The molecule has 1 aliphatic rings. The number of nitrogens with zero attached hydrogens (tertiary/aromatic N) is 2. The molecule has 1 atom stereocenters. The van der Waals surface area contributed by atoms with Crippen LogP contribution in [0.3, 0.4) is 0 Å². The van der Waals surface area contributed by atoms with Crippen LogP contribution in [-0.2, 0) is 5.60 Å². The second-order valence-electron chi connectivity index (χ2n) is 3.19. The molecule has 76 valence electrons. The number of β-amino-alcohol motifs (C(OH)–C–C–N with tert-alkyl or cyclic N) is 1. The summed E-state index contributed by atoms with van der Waals surface area (Å²) in [7, 11) is 0. The average molecular weight is 199 g/mol. The number of carbonyl (C=O) groups is 1. The molecule has 1 saturated heterocycles. The Morgan fingerprint density at radius 1 is 1.64 bits per heavy atom. The van der Waals surface area contributed by atoms with Crippen LogP contribution < -0.4 is 5.32 Å². The van der Waals surface area contributed by atoms with Crippen LogP contribution >= 0.6 is 0 Å². The van der Waals surface area contributed by atoms with E-state index >= 15 is 0 Å². The molecule has 0 spiro atoms. The minimum atomic E-state index is -1.27. The summed E-state index contributed by atoms with van der Waals surface area (Å²) in [6.45, 7) is 0.940. The number of carboxylic acid groups (broad SMARTS) is 1. The number of aromatic carboxylic acids is 1. The summed E-state index contributed by atoms with van der Waals surface area (Å²) >= 11 is 0. The van der Waals surface area contributed by atoms with E-state index in [1.807, 2.05) is 0 Å². The van der Waals surface area contributed by atoms with Crippen molar-refractivity contribution in [2.75, 3.05) is 13.1 Å². The van der Waals surface area contributed by atoms with Crippen LogP contribution in [0.5, 0.6) is 0 Å². The summed E-state index contributed by atoms with van der Waals surface area (Å²) in [5.74, 6) is -1.74. The van der Waals surface area contributed by atoms with Gasteiger partial charge in [-0.05, 0) is 18.1 Å². The zero-order valence-corrected chi connectivity index (χ0v) is 7.23. The highest BCUT2D eigenvalue weighted by Crippen LogP contribution is 2.25. The van der Waals surface area contributed by atoms with E-state index in [1.165, 1.54) is 0 Å². The maximum absolute atomic E-state index is 10.5. The van der Waals surface area contributed by atoms with Crippen LogP contribution in [0, 0.1) is 0 Å². The van der Waals surface area contributed by atoms with Crippen LogP contribution in [0.15, 0.2) is 4.52 Å². The maximum atomic E-state index is 10.5. The van der Waals surface area contributed by atoms with E-state index in [0.29, 0.717) is 19.5 Å². The largest absolute Gasteiger partial charge is 0.475 e. The summed E-state index contributed by atoms with van der Waals surface area (Å²) < 4.78 is 4.68. The average Bonchev–Trinajstić information content (AvgIpc) is 2.71. The Hall–Kier alpha value is -1.47. The zero-order chi connectivity index (χ0) is 10.2. The molecule has 1 aromatic rings. The van der Waals surface area contributed by atoms with Gasteiger partial charge in [0.2, 0.25) is 0 Å². The molecule has 2 heterocycles. The topological polar surface area (TPSA) is 108 Å². The van der Waals surface area contributed by atoms with Gasteiger partial charge in [0.1, 0.15) is 0 Å². The quantitative estimate of drug-likeness (QED) is 0.557. The van der Waals surface area contributed by atoms with Gasteiger partial charge in [0, 0.05) is 6.54 Å². The third-order valence-corrected chi connectivity index (χ3v) is 2.15. The number of aromatic nitrogens is 2. The Balaban J connectivity index is 2.28. The number of hydrogen-bond donors (Lipinski definition) is 3. The number of nitrogens with one attached hydrogen (secondary N) is 1. The van der Waals surface area contributed by atoms with Crippen LogP contribution in [0.25, 0.3) is 0 Å². The van der Waals surface area contributed by atoms with Gasteiger partial charge in [-0.25, -0.2) is 4.79 Å². The Labute approximate surface area is 78.7 Å². The normalized spacial score (nSPS) is 26.6. The summed E-state index contributed by atoms with van der Waals surface area (Å²) in [4.78, 5) is 14.0. The van der Waals surface area contributed by atoms with E-state index in [0.717, 1.165) is 0 Å². The smallest absolute Gasteiger partial charge is 0.377 e. The molecule has 2 rings (SSSR count). The van der Waals surface area contributed by atoms with Gasteiger partial charge in [-0.2, -0.15) is 4.98 Å². The molecule has 7 heteroatoms. The summed E-state index contributed by atoms with van der Waals surface area (Å²) in [6.07, 6.45) is 0.439. The molecule has 3 N–H and O–H groups in total. The zero-order valence-electron chi connectivity index (χ0n) is 7.23. The molecule has 0 saturated carbocycles. The van der Waals surface area contributed by atoms with Crippen molar-refractivity contribution in [3.63, 3.8) is 0 Å². The maximum Gasteiger partial charge on any atom is 0.377 e. The Morgan fingerprint density at radius 3 is 2.93 bits per heavy atom. The Kier molecular flexibility index (Phi) is 1.97. The molecule has 1 fully saturated rings. The van der Waals surface area contributed by atoms with Crippen molar-refractivity contribution in [3.8, 4) is 0 Å². The van der Waals surface area contributed by atoms with Crippen LogP contribution in [0.1, 0.15) is 22.9 Å².